The minimum atomic E-state index is -0.246. The number of H-pyrrole nitrogens is 1. The maximum atomic E-state index is 6.11. The van der Waals surface area contributed by atoms with E-state index in [0.29, 0.717) is 33.5 Å². The number of rotatable bonds is 5. The van der Waals surface area contributed by atoms with Gasteiger partial charge in [0.25, 0.3) is 0 Å². The van der Waals surface area contributed by atoms with Gasteiger partial charge in [0.15, 0.2) is 11.5 Å². The third-order valence-corrected chi connectivity index (χ3v) is 5.16. The minimum Gasteiger partial charge on any atom is -0.339 e. The Labute approximate surface area is 200 Å². The van der Waals surface area contributed by atoms with E-state index in [4.69, 9.17) is 11.6 Å². The number of nitrogens with one attached hydrogen (secondary N) is 2. The SMILES string of the molecule is CC(C)(C)n1nnc(-c2cccc(C=Nc3n[nH]c4ncnc(Nc5cccc(Cl)c5)c34)c2)n1. The number of hydrogen-bond acceptors (Lipinski definition) is 8. The van der Waals surface area contributed by atoms with Crippen LogP contribution in [0.5, 0.6) is 0 Å². The highest BCUT2D eigenvalue weighted by Crippen LogP contribution is 2.30. The number of aromatic nitrogens is 8. The van der Waals surface area contributed by atoms with Gasteiger partial charge in [-0.2, -0.15) is 9.90 Å². The van der Waals surface area contributed by atoms with Crippen LogP contribution in [-0.4, -0.2) is 46.6 Å². The number of aliphatic imine (C=N–C) groups is 1. The molecule has 11 heteroatoms. The third-order valence-electron chi connectivity index (χ3n) is 4.92. The molecule has 0 atom stereocenters. The van der Waals surface area contributed by atoms with Crippen molar-refractivity contribution in [2.75, 3.05) is 5.32 Å². The highest BCUT2D eigenvalue weighted by atomic mass is 35.5. The van der Waals surface area contributed by atoms with Crippen molar-refractivity contribution < 1.29 is 0 Å². The van der Waals surface area contributed by atoms with Crippen molar-refractivity contribution in [1.82, 2.24) is 40.4 Å². The Hall–Kier alpha value is -4.18. The van der Waals surface area contributed by atoms with Crippen LogP contribution in [0.4, 0.5) is 17.3 Å². The van der Waals surface area contributed by atoms with Gasteiger partial charge in [0.1, 0.15) is 17.5 Å². The summed E-state index contributed by atoms with van der Waals surface area (Å²) in [6.45, 7) is 6.07. The first-order valence-electron chi connectivity index (χ1n) is 10.5. The van der Waals surface area contributed by atoms with Crippen LogP contribution in [0.3, 0.4) is 0 Å². The zero-order valence-corrected chi connectivity index (χ0v) is 19.5. The summed E-state index contributed by atoms with van der Waals surface area (Å²) in [4.78, 5) is 14.8. The second kappa shape index (κ2) is 8.64. The number of anilines is 2. The molecule has 0 aliphatic carbocycles. The summed E-state index contributed by atoms with van der Waals surface area (Å²) < 4.78 is 0. The summed E-state index contributed by atoms with van der Waals surface area (Å²) in [5.41, 5.74) is 2.83. The fraction of sp³-hybridized carbons (Fsp3) is 0.174. The standard InChI is InChI=1S/C23H21ClN10/c1-23(2,3)34-32-19(31-33-34)15-7-4-6-14(10-15)12-25-21-18-20(26-13-27-22(18)30-29-21)28-17-9-5-8-16(24)11-17/h4-13H,1-3H3,(H2,26,27,28,29,30). The molecule has 0 saturated heterocycles. The summed E-state index contributed by atoms with van der Waals surface area (Å²) in [7, 11) is 0. The van der Waals surface area contributed by atoms with Crippen LogP contribution in [0.25, 0.3) is 22.4 Å². The largest absolute Gasteiger partial charge is 0.339 e. The van der Waals surface area contributed by atoms with E-state index in [-0.39, 0.29) is 5.54 Å². The predicted molar refractivity (Wildman–Crippen MR) is 132 cm³/mol. The molecular formula is C23H21ClN10. The van der Waals surface area contributed by atoms with Crippen LogP contribution in [0.1, 0.15) is 26.3 Å². The van der Waals surface area contributed by atoms with Crippen molar-refractivity contribution in [2.24, 2.45) is 4.99 Å². The summed E-state index contributed by atoms with van der Waals surface area (Å²) in [5.74, 6) is 1.59. The van der Waals surface area contributed by atoms with Gasteiger partial charge in [0.05, 0.1) is 5.54 Å². The van der Waals surface area contributed by atoms with Crippen LogP contribution in [0.15, 0.2) is 59.9 Å². The number of benzene rings is 2. The van der Waals surface area contributed by atoms with E-state index in [1.807, 2.05) is 69.3 Å². The molecule has 10 nitrogen and oxygen atoms in total. The van der Waals surface area contributed by atoms with Gasteiger partial charge in [-0.1, -0.05) is 35.9 Å². The molecule has 2 N–H and O–H groups in total. The summed E-state index contributed by atoms with van der Waals surface area (Å²) >= 11 is 6.11. The number of tetrazole rings is 1. The van der Waals surface area contributed by atoms with Gasteiger partial charge < -0.3 is 5.32 Å². The lowest BCUT2D eigenvalue weighted by Gasteiger charge is -2.15. The lowest BCUT2D eigenvalue weighted by molar-refractivity contribution is 0.306. The van der Waals surface area contributed by atoms with Gasteiger partial charge in [-0.15, -0.1) is 10.2 Å². The zero-order valence-electron chi connectivity index (χ0n) is 18.7. The molecular weight excluding hydrogens is 452 g/mol. The molecule has 5 rings (SSSR count). The first-order chi connectivity index (χ1) is 16.4. The lowest BCUT2D eigenvalue weighted by Crippen LogP contribution is -2.24. The van der Waals surface area contributed by atoms with Gasteiger partial charge >= 0.3 is 0 Å². The smallest absolute Gasteiger partial charge is 0.204 e. The lowest BCUT2D eigenvalue weighted by atomic mass is 10.1. The quantitative estimate of drug-likeness (QED) is 0.348. The summed E-state index contributed by atoms with van der Waals surface area (Å²) in [6, 6.07) is 15.1. The molecule has 0 fully saturated rings. The summed E-state index contributed by atoms with van der Waals surface area (Å²) in [6.07, 6.45) is 3.19. The van der Waals surface area contributed by atoms with Gasteiger partial charge in [0.2, 0.25) is 5.82 Å². The van der Waals surface area contributed by atoms with E-state index in [9.17, 15) is 0 Å². The predicted octanol–water partition coefficient (Wildman–Crippen LogP) is 4.91. The van der Waals surface area contributed by atoms with E-state index < -0.39 is 0 Å². The van der Waals surface area contributed by atoms with E-state index in [0.717, 1.165) is 16.8 Å². The molecule has 0 saturated carbocycles. The Morgan fingerprint density at radius 3 is 2.74 bits per heavy atom. The average Bonchev–Trinajstić information content (AvgIpc) is 3.46. The molecule has 170 valence electrons. The van der Waals surface area contributed by atoms with E-state index >= 15 is 0 Å². The van der Waals surface area contributed by atoms with Crippen molar-refractivity contribution in [3.63, 3.8) is 0 Å². The molecule has 0 radical (unpaired) electrons. The Bertz CT molecular complexity index is 1500. The van der Waals surface area contributed by atoms with Crippen molar-refractivity contribution in [1.29, 1.82) is 0 Å². The Morgan fingerprint density at radius 2 is 1.94 bits per heavy atom. The summed E-state index contributed by atoms with van der Waals surface area (Å²) in [5, 5.41) is 24.6. The Morgan fingerprint density at radius 1 is 1.09 bits per heavy atom. The van der Waals surface area contributed by atoms with Crippen LogP contribution in [-0.2, 0) is 5.54 Å². The fourth-order valence-corrected chi connectivity index (χ4v) is 3.43. The highest BCUT2D eigenvalue weighted by molar-refractivity contribution is 6.30. The van der Waals surface area contributed by atoms with Gasteiger partial charge in [-0.25, -0.2) is 15.0 Å². The molecule has 0 bridgehead atoms. The molecule has 0 aliphatic rings. The van der Waals surface area contributed by atoms with E-state index in [2.05, 4.69) is 45.9 Å². The molecule has 5 aromatic rings. The number of hydrogen-bond donors (Lipinski definition) is 2. The first-order valence-corrected chi connectivity index (χ1v) is 10.9. The normalized spacial score (nSPS) is 12.0. The fourth-order valence-electron chi connectivity index (χ4n) is 3.24. The minimum absolute atomic E-state index is 0.246. The molecule has 2 aromatic carbocycles. The second-order valence-corrected chi connectivity index (χ2v) is 9.02. The molecule has 0 spiro atoms. The maximum Gasteiger partial charge on any atom is 0.204 e. The van der Waals surface area contributed by atoms with Crippen molar-refractivity contribution in [3.8, 4) is 11.4 Å². The first kappa shape index (κ1) is 21.7. The van der Waals surface area contributed by atoms with Gasteiger partial charge in [0, 0.05) is 22.5 Å². The monoisotopic (exact) mass is 472 g/mol. The van der Waals surface area contributed by atoms with Crippen molar-refractivity contribution in [3.05, 3.63) is 65.4 Å². The van der Waals surface area contributed by atoms with E-state index in [1.54, 1.807) is 11.0 Å². The topological polar surface area (TPSA) is 122 Å². The molecule has 0 amide bonds. The van der Waals surface area contributed by atoms with Crippen LogP contribution < -0.4 is 5.32 Å². The molecule has 34 heavy (non-hydrogen) atoms. The number of fused-ring (bicyclic) bond motifs is 1. The average molecular weight is 473 g/mol. The second-order valence-electron chi connectivity index (χ2n) is 8.59. The third kappa shape index (κ3) is 4.48. The molecule has 3 heterocycles. The Kier molecular flexibility index (Phi) is 5.50. The van der Waals surface area contributed by atoms with E-state index in [1.165, 1.54) is 6.33 Å². The molecule has 0 unspecified atom stereocenters. The number of aromatic amines is 1. The highest BCUT2D eigenvalue weighted by Gasteiger charge is 2.18. The Balaban J connectivity index is 1.45. The number of halogens is 1. The molecule has 0 aliphatic heterocycles. The van der Waals surface area contributed by atoms with Crippen molar-refractivity contribution >= 4 is 46.2 Å². The number of nitrogens with zero attached hydrogens (tertiary/aromatic N) is 8. The van der Waals surface area contributed by atoms with Crippen molar-refractivity contribution in [2.45, 2.75) is 26.3 Å². The maximum absolute atomic E-state index is 6.11. The zero-order chi connectivity index (χ0) is 23.7. The van der Waals surface area contributed by atoms with Crippen LogP contribution in [0.2, 0.25) is 5.02 Å². The van der Waals surface area contributed by atoms with Crippen LogP contribution >= 0.6 is 11.6 Å². The molecule has 3 aromatic heterocycles. The van der Waals surface area contributed by atoms with Gasteiger partial charge in [-0.05, 0) is 55.8 Å². The van der Waals surface area contributed by atoms with Crippen LogP contribution in [0, 0.1) is 0 Å². The van der Waals surface area contributed by atoms with Gasteiger partial charge in [-0.3, -0.25) is 5.10 Å².